The minimum atomic E-state index is -0.128. The molecule has 0 saturated heterocycles. The number of benzene rings is 2. The van der Waals surface area contributed by atoms with Crippen molar-refractivity contribution in [2.24, 2.45) is 5.92 Å². The minimum absolute atomic E-state index is 0.128. The molecule has 0 N–H and O–H groups in total. The van der Waals surface area contributed by atoms with Crippen LogP contribution in [0.2, 0.25) is 10.0 Å². The van der Waals surface area contributed by atoms with Crippen molar-refractivity contribution in [3.63, 3.8) is 0 Å². The van der Waals surface area contributed by atoms with E-state index >= 15 is 0 Å². The van der Waals surface area contributed by atoms with Gasteiger partial charge in [0.05, 0.1) is 28.2 Å². The van der Waals surface area contributed by atoms with Gasteiger partial charge in [0, 0.05) is 18.1 Å². The topological polar surface area (TPSA) is 38.1 Å². The zero-order valence-corrected chi connectivity index (χ0v) is 18.0. The quantitative estimate of drug-likeness (QED) is 0.468. The summed E-state index contributed by atoms with van der Waals surface area (Å²) in [6.45, 7) is 8.22. The van der Waals surface area contributed by atoms with E-state index < -0.39 is 0 Å². The Kier molecular flexibility index (Phi) is 6.63. The number of carbonyl (C=O) groups is 1. The molecule has 148 valence electrons. The first-order valence-electron chi connectivity index (χ1n) is 9.59. The summed E-state index contributed by atoms with van der Waals surface area (Å²) in [5.74, 6) is 1.07. The number of hydrogen-bond acceptors (Lipinski definition) is 2. The van der Waals surface area contributed by atoms with Crippen LogP contribution in [0.1, 0.15) is 43.4 Å². The molecule has 1 aromatic heterocycles. The van der Waals surface area contributed by atoms with Crippen molar-refractivity contribution in [2.75, 3.05) is 6.54 Å². The van der Waals surface area contributed by atoms with E-state index in [1.165, 1.54) is 0 Å². The Morgan fingerprint density at radius 3 is 2.64 bits per heavy atom. The molecule has 0 bridgehead atoms. The van der Waals surface area contributed by atoms with Gasteiger partial charge in [-0.15, -0.1) is 0 Å². The van der Waals surface area contributed by atoms with Crippen LogP contribution >= 0.6 is 23.2 Å². The lowest BCUT2D eigenvalue weighted by atomic mass is 10.1. The van der Waals surface area contributed by atoms with Gasteiger partial charge in [-0.25, -0.2) is 4.98 Å². The highest BCUT2D eigenvalue weighted by atomic mass is 35.5. The minimum Gasteiger partial charge on any atom is -0.331 e. The summed E-state index contributed by atoms with van der Waals surface area (Å²) < 4.78 is 2.20. The summed E-state index contributed by atoms with van der Waals surface area (Å²) in [4.78, 5) is 19.9. The summed E-state index contributed by atoms with van der Waals surface area (Å²) >= 11 is 12.4. The number of aryl methyl sites for hydroxylation is 1. The van der Waals surface area contributed by atoms with E-state index in [-0.39, 0.29) is 5.91 Å². The Morgan fingerprint density at radius 2 is 1.93 bits per heavy atom. The number of nitrogens with zero attached hydrogens (tertiary/aromatic N) is 3. The first-order chi connectivity index (χ1) is 13.4. The fourth-order valence-electron chi connectivity index (χ4n) is 3.38. The smallest absolute Gasteiger partial charge is 0.255 e. The largest absolute Gasteiger partial charge is 0.331 e. The van der Waals surface area contributed by atoms with E-state index in [1.807, 2.05) is 23.1 Å². The number of rotatable bonds is 7. The third-order valence-corrected chi connectivity index (χ3v) is 5.11. The molecule has 6 heteroatoms. The number of fused-ring (bicyclic) bond motifs is 1. The van der Waals surface area contributed by atoms with E-state index in [1.54, 1.807) is 18.2 Å². The lowest BCUT2D eigenvalue weighted by molar-refractivity contribution is 0.0716. The number of para-hydroxylation sites is 2. The van der Waals surface area contributed by atoms with Crippen LogP contribution < -0.4 is 0 Å². The maximum atomic E-state index is 13.3. The molecule has 28 heavy (non-hydrogen) atoms. The first kappa shape index (κ1) is 20.7. The van der Waals surface area contributed by atoms with Gasteiger partial charge in [0.2, 0.25) is 0 Å². The predicted octanol–water partition coefficient (Wildman–Crippen LogP) is 6.05. The molecule has 3 rings (SSSR count). The maximum absolute atomic E-state index is 13.3. The molecule has 4 nitrogen and oxygen atoms in total. The zero-order valence-electron chi connectivity index (χ0n) is 16.5. The monoisotopic (exact) mass is 417 g/mol. The number of carbonyl (C=O) groups excluding carboxylic acids is 1. The van der Waals surface area contributed by atoms with Gasteiger partial charge < -0.3 is 9.47 Å². The van der Waals surface area contributed by atoms with Crippen molar-refractivity contribution in [2.45, 2.75) is 40.3 Å². The summed E-state index contributed by atoms with van der Waals surface area (Å²) in [5, 5.41) is 0.903. The van der Waals surface area contributed by atoms with Gasteiger partial charge in [-0.1, -0.05) is 56.1 Å². The Bertz CT molecular complexity index is 981. The molecular formula is C22H25Cl2N3O. The van der Waals surface area contributed by atoms with Crippen LogP contribution in [0.25, 0.3) is 11.0 Å². The molecule has 0 spiro atoms. The average Bonchev–Trinajstić information content (AvgIpc) is 3.00. The molecule has 0 unspecified atom stereocenters. The lowest BCUT2D eigenvalue weighted by Crippen LogP contribution is -2.35. The first-order valence-corrected chi connectivity index (χ1v) is 10.3. The second kappa shape index (κ2) is 8.97. The van der Waals surface area contributed by atoms with Gasteiger partial charge in [-0.05, 0) is 42.7 Å². The maximum Gasteiger partial charge on any atom is 0.255 e. The molecule has 1 heterocycles. The van der Waals surface area contributed by atoms with E-state index in [0.29, 0.717) is 34.6 Å². The fraction of sp³-hybridized carbons (Fsp3) is 0.364. The third kappa shape index (κ3) is 4.50. The molecule has 1 amide bonds. The lowest BCUT2D eigenvalue weighted by Gasteiger charge is -2.25. The average molecular weight is 418 g/mol. The SMILES string of the molecule is CCCn1c(CN(CC(C)C)C(=O)c2cc(Cl)ccc2Cl)nc2ccccc21. The van der Waals surface area contributed by atoms with Crippen LogP contribution in [0.15, 0.2) is 42.5 Å². The standard InChI is InChI=1S/C22H25Cl2N3O/c1-4-11-27-20-8-6-5-7-19(20)25-21(27)14-26(13-15(2)3)22(28)17-12-16(23)9-10-18(17)24/h5-10,12,15H,4,11,13-14H2,1-3H3. The van der Waals surface area contributed by atoms with Crippen molar-refractivity contribution in [3.05, 3.63) is 63.9 Å². The molecule has 0 aliphatic carbocycles. The zero-order chi connectivity index (χ0) is 20.3. The van der Waals surface area contributed by atoms with Gasteiger partial charge in [0.1, 0.15) is 5.82 Å². The van der Waals surface area contributed by atoms with Crippen molar-refractivity contribution < 1.29 is 4.79 Å². The van der Waals surface area contributed by atoms with E-state index in [0.717, 1.165) is 29.8 Å². The van der Waals surface area contributed by atoms with Gasteiger partial charge in [-0.2, -0.15) is 0 Å². The molecule has 0 saturated carbocycles. The second-order valence-electron chi connectivity index (χ2n) is 7.37. The summed E-state index contributed by atoms with van der Waals surface area (Å²) in [6.07, 6.45) is 0.992. The molecule has 3 aromatic rings. The highest BCUT2D eigenvalue weighted by Crippen LogP contribution is 2.24. The van der Waals surface area contributed by atoms with Crippen LogP contribution in [0, 0.1) is 5.92 Å². The number of hydrogen-bond donors (Lipinski definition) is 0. The van der Waals surface area contributed by atoms with Crippen LogP contribution in [-0.4, -0.2) is 26.9 Å². The number of halogens is 2. The molecule has 0 aliphatic heterocycles. The molecule has 0 radical (unpaired) electrons. The molecule has 0 fully saturated rings. The highest BCUT2D eigenvalue weighted by Gasteiger charge is 2.22. The Balaban J connectivity index is 1.99. The molecule has 2 aromatic carbocycles. The third-order valence-electron chi connectivity index (χ3n) is 4.54. The van der Waals surface area contributed by atoms with E-state index in [2.05, 4.69) is 31.4 Å². The van der Waals surface area contributed by atoms with Crippen molar-refractivity contribution in [1.29, 1.82) is 0 Å². The van der Waals surface area contributed by atoms with Gasteiger partial charge in [-0.3, -0.25) is 4.79 Å². The Morgan fingerprint density at radius 1 is 1.18 bits per heavy atom. The molecular weight excluding hydrogens is 393 g/mol. The van der Waals surface area contributed by atoms with Crippen LogP contribution in [-0.2, 0) is 13.1 Å². The number of aromatic nitrogens is 2. The normalized spacial score (nSPS) is 11.4. The Labute approximate surface area is 176 Å². The number of imidazole rings is 1. The van der Waals surface area contributed by atoms with E-state index in [4.69, 9.17) is 28.2 Å². The predicted molar refractivity (Wildman–Crippen MR) is 116 cm³/mol. The molecule has 0 aliphatic rings. The van der Waals surface area contributed by atoms with E-state index in [9.17, 15) is 4.79 Å². The number of amides is 1. The van der Waals surface area contributed by atoms with Crippen LogP contribution in [0.3, 0.4) is 0 Å². The summed E-state index contributed by atoms with van der Waals surface area (Å²) in [6, 6.07) is 13.1. The summed E-state index contributed by atoms with van der Waals surface area (Å²) in [5.41, 5.74) is 2.47. The van der Waals surface area contributed by atoms with Gasteiger partial charge in [0.15, 0.2) is 0 Å². The fourth-order valence-corrected chi connectivity index (χ4v) is 3.75. The molecule has 0 atom stereocenters. The van der Waals surface area contributed by atoms with Crippen molar-refractivity contribution in [3.8, 4) is 0 Å². The van der Waals surface area contributed by atoms with Gasteiger partial charge >= 0.3 is 0 Å². The van der Waals surface area contributed by atoms with Crippen molar-refractivity contribution in [1.82, 2.24) is 14.5 Å². The summed E-state index contributed by atoms with van der Waals surface area (Å²) in [7, 11) is 0. The van der Waals surface area contributed by atoms with Crippen LogP contribution in [0.5, 0.6) is 0 Å². The highest BCUT2D eigenvalue weighted by molar-refractivity contribution is 6.35. The van der Waals surface area contributed by atoms with Gasteiger partial charge in [0.25, 0.3) is 5.91 Å². The Hall–Kier alpha value is -2.04. The van der Waals surface area contributed by atoms with Crippen LogP contribution in [0.4, 0.5) is 0 Å². The second-order valence-corrected chi connectivity index (χ2v) is 8.22. The van der Waals surface area contributed by atoms with Crippen molar-refractivity contribution >= 4 is 40.1 Å².